The lowest BCUT2D eigenvalue weighted by molar-refractivity contribution is 0.104. The van der Waals surface area contributed by atoms with Gasteiger partial charge in [-0.25, -0.2) is 15.0 Å². The van der Waals surface area contributed by atoms with Gasteiger partial charge in [0.25, 0.3) is 0 Å². The highest BCUT2D eigenvalue weighted by Gasteiger charge is 2.34. The Hall–Kier alpha value is -2.04. The summed E-state index contributed by atoms with van der Waals surface area (Å²) >= 11 is 10.8. The van der Waals surface area contributed by atoms with E-state index in [0.717, 1.165) is 11.3 Å². The molecule has 0 aromatic carbocycles. The third kappa shape index (κ3) is 6.44. The predicted molar refractivity (Wildman–Crippen MR) is 138 cm³/mol. The van der Waals surface area contributed by atoms with Crippen LogP contribution in [0.15, 0.2) is 41.4 Å². The second-order valence-corrected chi connectivity index (χ2v) is 12.0. The lowest BCUT2D eigenvalue weighted by atomic mass is 10.1. The maximum Gasteiger partial charge on any atom is 0.333 e. The molecule has 3 aromatic rings. The molecule has 6 N–H and O–H groups in total. The molecule has 0 bridgehead atoms. The van der Waals surface area contributed by atoms with Crippen LogP contribution in [0.1, 0.15) is 45.4 Å². The van der Waals surface area contributed by atoms with E-state index in [1.807, 2.05) is 4.72 Å². The summed E-state index contributed by atoms with van der Waals surface area (Å²) in [4.78, 5) is 26.3. The van der Waals surface area contributed by atoms with Gasteiger partial charge in [-0.1, -0.05) is 17.7 Å². The zero-order valence-corrected chi connectivity index (χ0v) is 22.5. The van der Waals surface area contributed by atoms with Crippen molar-refractivity contribution in [2.24, 2.45) is 11.7 Å². The van der Waals surface area contributed by atoms with Crippen LogP contribution in [0.25, 0.3) is 0 Å². The summed E-state index contributed by atoms with van der Waals surface area (Å²) in [7, 11) is -4.36. The van der Waals surface area contributed by atoms with Gasteiger partial charge in [-0.3, -0.25) is 9.35 Å². The number of nitrogens with two attached hydrogens (primary N) is 1. The number of carbonyl (C=O) groups is 1. The van der Waals surface area contributed by atoms with Crippen molar-refractivity contribution in [2.75, 3.05) is 11.9 Å². The number of carbonyl (C=O) groups excluding carboxylic acids is 1. The van der Waals surface area contributed by atoms with Gasteiger partial charge in [0.05, 0.1) is 32.6 Å². The average molecular weight is 618 g/mol. The summed E-state index contributed by atoms with van der Waals surface area (Å²) in [5.74, 6) is -0.495. The fraction of sp³-hybridized carbons (Fsp3) is 0.333. The highest BCUT2D eigenvalue weighted by Crippen LogP contribution is 2.36. The SMILES string of the molecule is N[C@H](c1cccc(Br)n1)c1cc(C(=O)c2cncnc2N[C@@H]2C[C@H](CNS(=O)(=O)O)[C@@H](O)C2)sc1Cl. The topological polar surface area (TPSA) is 180 Å². The summed E-state index contributed by atoms with van der Waals surface area (Å²) in [6, 6.07) is 6.07. The number of anilines is 1. The van der Waals surface area contributed by atoms with Crippen LogP contribution in [0.4, 0.5) is 5.82 Å². The summed E-state index contributed by atoms with van der Waals surface area (Å²) in [5, 5.41) is 13.5. The van der Waals surface area contributed by atoms with Crippen LogP contribution in [-0.4, -0.2) is 57.5 Å². The number of nitrogens with zero attached hydrogens (tertiary/aromatic N) is 3. The number of pyridine rings is 1. The minimum absolute atomic E-state index is 0.114. The summed E-state index contributed by atoms with van der Waals surface area (Å²) < 4.78 is 33.8. The molecule has 4 atom stereocenters. The molecule has 3 aromatic heterocycles. The second-order valence-electron chi connectivity index (χ2n) is 8.28. The number of thiophene rings is 1. The van der Waals surface area contributed by atoms with Gasteiger partial charge in [0.15, 0.2) is 0 Å². The number of hydrogen-bond donors (Lipinski definition) is 5. The smallest absolute Gasteiger partial charge is 0.333 e. The molecule has 3 heterocycles. The maximum absolute atomic E-state index is 13.4. The second kappa shape index (κ2) is 11.1. The molecule has 15 heteroatoms. The Balaban J connectivity index is 1.51. The predicted octanol–water partition coefficient (Wildman–Crippen LogP) is 2.57. The van der Waals surface area contributed by atoms with Gasteiger partial charge in [-0.05, 0) is 47.0 Å². The molecule has 0 spiro atoms. The number of aromatic nitrogens is 3. The summed E-state index contributed by atoms with van der Waals surface area (Å²) in [6.07, 6.45) is 2.58. The molecule has 4 rings (SSSR count). The van der Waals surface area contributed by atoms with Crippen molar-refractivity contribution in [3.8, 4) is 0 Å². The lowest BCUT2D eigenvalue weighted by Gasteiger charge is -2.15. The number of ketones is 1. The van der Waals surface area contributed by atoms with E-state index in [2.05, 4.69) is 36.2 Å². The number of hydrogen-bond acceptors (Lipinski definition) is 10. The van der Waals surface area contributed by atoms with Gasteiger partial charge >= 0.3 is 10.3 Å². The Morgan fingerprint density at radius 2 is 2.14 bits per heavy atom. The van der Waals surface area contributed by atoms with E-state index in [1.165, 1.54) is 12.5 Å². The van der Waals surface area contributed by atoms with Gasteiger partial charge in [0, 0.05) is 30.3 Å². The van der Waals surface area contributed by atoms with E-state index in [1.54, 1.807) is 24.3 Å². The molecule has 36 heavy (non-hydrogen) atoms. The third-order valence-electron chi connectivity index (χ3n) is 5.81. The lowest BCUT2D eigenvalue weighted by Crippen LogP contribution is -2.32. The monoisotopic (exact) mass is 616 g/mol. The molecule has 0 aliphatic heterocycles. The molecule has 1 aliphatic carbocycles. The summed E-state index contributed by atoms with van der Waals surface area (Å²) in [6.45, 7) is -0.114. The maximum atomic E-state index is 13.4. The normalized spacial score (nSPS) is 20.9. The molecule has 0 radical (unpaired) electrons. The van der Waals surface area contributed by atoms with Crippen LogP contribution in [0.2, 0.25) is 4.34 Å². The third-order valence-corrected chi connectivity index (χ3v) is 8.17. The van der Waals surface area contributed by atoms with Crippen LogP contribution in [0, 0.1) is 5.92 Å². The fourth-order valence-corrected chi connectivity index (χ4v) is 6.14. The van der Waals surface area contributed by atoms with Gasteiger partial charge in [0.2, 0.25) is 5.78 Å². The molecule has 192 valence electrons. The number of halogens is 2. The Kier molecular flexibility index (Phi) is 8.36. The van der Waals surface area contributed by atoms with Crippen molar-refractivity contribution >= 4 is 60.8 Å². The molecule has 0 saturated heterocycles. The van der Waals surface area contributed by atoms with Gasteiger partial charge in [-0.15, -0.1) is 11.3 Å². The Morgan fingerprint density at radius 3 is 2.86 bits per heavy atom. The van der Waals surface area contributed by atoms with Crippen LogP contribution in [0.5, 0.6) is 0 Å². The van der Waals surface area contributed by atoms with Crippen molar-refractivity contribution in [2.45, 2.75) is 31.0 Å². The van der Waals surface area contributed by atoms with E-state index in [0.29, 0.717) is 37.9 Å². The quantitative estimate of drug-likeness (QED) is 0.136. The van der Waals surface area contributed by atoms with E-state index in [4.69, 9.17) is 21.9 Å². The van der Waals surface area contributed by atoms with Crippen molar-refractivity contribution in [1.29, 1.82) is 0 Å². The zero-order valence-electron chi connectivity index (χ0n) is 18.5. The number of aliphatic hydroxyl groups is 1. The first kappa shape index (κ1) is 27.0. The van der Waals surface area contributed by atoms with E-state index >= 15 is 0 Å². The van der Waals surface area contributed by atoms with Crippen LogP contribution in [-0.2, 0) is 10.3 Å². The zero-order chi connectivity index (χ0) is 26.0. The molecule has 0 unspecified atom stereocenters. The van der Waals surface area contributed by atoms with E-state index < -0.39 is 28.4 Å². The standard InChI is InChI=1S/C21H22BrClN6O5S2/c22-17-3-1-2-14(29-17)18(24)12-6-16(35-20(12)23)19(31)13-8-25-9-26-21(13)28-11-4-10(15(30)5-11)7-27-36(32,33)34/h1-3,6,8-11,15,18,27,30H,4-5,7,24H2,(H,25,26,28)(H,32,33,34)/t10-,11-,15+,18+/m1/s1. The molecule has 0 amide bonds. The number of aliphatic hydroxyl groups excluding tert-OH is 1. The Morgan fingerprint density at radius 1 is 1.36 bits per heavy atom. The minimum atomic E-state index is -4.36. The number of rotatable bonds is 9. The van der Waals surface area contributed by atoms with Gasteiger partial charge in [-0.2, -0.15) is 13.1 Å². The van der Waals surface area contributed by atoms with E-state index in [-0.39, 0.29) is 29.8 Å². The highest BCUT2D eigenvalue weighted by molar-refractivity contribution is 9.10. The first-order valence-corrected chi connectivity index (χ1v) is 14.1. The van der Waals surface area contributed by atoms with Crippen LogP contribution in [0.3, 0.4) is 0 Å². The minimum Gasteiger partial charge on any atom is -0.393 e. The number of nitrogens with one attached hydrogen (secondary N) is 2. The average Bonchev–Trinajstić information content (AvgIpc) is 3.38. The molecule has 1 fully saturated rings. The van der Waals surface area contributed by atoms with Crippen molar-refractivity contribution < 1.29 is 22.9 Å². The Bertz CT molecular complexity index is 1370. The van der Waals surface area contributed by atoms with Crippen molar-refractivity contribution in [3.05, 3.63) is 67.4 Å². The van der Waals surface area contributed by atoms with E-state index in [9.17, 15) is 18.3 Å². The summed E-state index contributed by atoms with van der Waals surface area (Å²) in [5.41, 5.74) is 7.73. The van der Waals surface area contributed by atoms with Crippen molar-refractivity contribution in [1.82, 2.24) is 19.7 Å². The first-order chi connectivity index (χ1) is 17.0. The molecule has 11 nitrogen and oxygen atoms in total. The Labute approximate surface area is 224 Å². The molecule has 1 saturated carbocycles. The molecular formula is C21H22BrClN6O5S2. The first-order valence-electron chi connectivity index (χ1n) is 10.7. The molecule has 1 aliphatic rings. The van der Waals surface area contributed by atoms with Gasteiger partial charge in [0.1, 0.15) is 16.7 Å². The largest absolute Gasteiger partial charge is 0.393 e. The molecular weight excluding hydrogens is 596 g/mol. The van der Waals surface area contributed by atoms with Crippen LogP contribution >= 0.6 is 38.9 Å². The van der Waals surface area contributed by atoms with Gasteiger partial charge < -0.3 is 16.2 Å². The van der Waals surface area contributed by atoms with Crippen molar-refractivity contribution in [3.63, 3.8) is 0 Å². The van der Waals surface area contributed by atoms with Crippen LogP contribution < -0.4 is 15.8 Å². The fourth-order valence-electron chi connectivity index (χ4n) is 4.05. The highest BCUT2D eigenvalue weighted by atomic mass is 79.9.